The van der Waals surface area contributed by atoms with Gasteiger partial charge in [0.15, 0.2) is 0 Å². The number of aromatic nitrogens is 5. The first kappa shape index (κ1) is 49.4. The third-order valence-corrected chi connectivity index (χ3v) is 9.25. The Morgan fingerprint density at radius 1 is 0.403 bits per heavy atom. The van der Waals surface area contributed by atoms with E-state index >= 15 is 0 Å². The number of methoxy groups -OCH3 is 1. The minimum atomic E-state index is 0. The molecule has 0 aliphatic heterocycles. The van der Waals surface area contributed by atoms with E-state index in [2.05, 4.69) is 91.6 Å². The summed E-state index contributed by atoms with van der Waals surface area (Å²) in [5, 5.41) is 7.97. The monoisotopic (exact) mass is 1520 g/mol. The summed E-state index contributed by atoms with van der Waals surface area (Å²) in [5.74, 6) is 0.810. The molecule has 0 N–H and O–H groups in total. The van der Waals surface area contributed by atoms with Crippen LogP contribution in [0.5, 0.6) is 5.75 Å². The summed E-state index contributed by atoms with van der Waals surface area (Å²) in [5.41, 5.74) is 6.86. The Kier molecular flexibility index (Phi) is 19.9. The van der Waals surface area contributed by atoms with Crippen LogP contribution < -0.4 is 4.74 Å². The first-order valence-corrected chi connectivity index (χ1v) is 18.7. The van der Waals surface area contributed by atoms with Crippen LogP contribution >= 0.6 is 0 Å². The molecule has 0 spiro atoms. The van der Waals surface area contributed by atoms with E-state index in [-0.39, 0.29) is 80.4 Å². The summed E-state index contributed by atoms with van der Waals surface area (Å²) < 4.78 is 5.05. The van der Waals surface area contributed by atoms with Crippen molar-refractivity contribution in [2.24, 2.45) is 0 Å². The third-order valence-electron chi connectivity index (χ3n) is 9.25. The van der Waals surface area contributed by atoms with Gasteiger partial charge in [-0.1, -0.05) is 90.4 Å². The molecule has 6 nitrogen and oxygen atoms in total. The van der Waals surface area contributed by atoms with Gasteiger partial charge in [0, 0.05) is 111 Å². The van der Waals surface area contributed by atoms with Crippen LogP contribution in [-0.4, -0.2) is 32.0 Å². The average Bonchev–Trinajstić information content (AvgIpc) is 3.32. The van der Waals surface area contributed by atoms with E-state index in [1.54, 1.807) is 25.7 Å². The Bertz CT molecular complexity index is 2850. The van der Waals surface area contributed by atoms with Crippen molar-refractivity contribution in [3.05, 3.63) is 219 Å². The average molecular weight is 1510 g/mol. The summed E-state index contributed by atoms with van der Waals surface area (Å²) in [4.78, 5) is 21.7. The largest absolute Gasteiger partial charge is 0.540 e. The minimum absolute atomic E-state index is 0. The van der Waals surface area contributed by atoms with Gasteiger partial charge in [0.25, 0.3) is 0 Å². The summed E-state index contributed by atoms with van der Waals surface area (Å²) >= 11 is 0. The van der Waals surface area contributed by atoms with E-state index in [0.717, 1.165) is 61.0 Å². The van der Waals surface area contributed by atoms with E-state index in [1.165, 1.54) is 21.5 Å². The van der Waals surface area contributed by atoms with Gasteiger partial charge in [-0.05, 0) is 67.7 Å². The number of hydrogen-bond acceptors (Lipinski definition) is 6. The number of hydrogen-bond donors (Lipinski definition) is 0. The zero-order chi connectivity index (χ0) is 39.4. The van der Waals surface area contributed by atoms with Crippen LogP contribution in [0.3, 0.4) is 0 Å². The fourth-order valence-corrected chi connectivity index (χ4v) is 6.36. The molecule has 0 bridgehead atoms. The number of pyridine rings is 5. The second kappa shape index (κ2) is 25.0. The van der Waals surface area contributed by atoms with Crippen molar-refractivity contribution in [2.45, 2.75) is 0 Å². The van der Waals surface area contributed by atoms with Gasteiger partial charge >= 0.3 is 0 Å². The molecule has 5 heterocycles. The van der Waals surface area contributed by atoms with Crippen molar-refractivity contribution < 1.29 is 85.2 Å². The number of benzene rings is 6. The van der Waals surface area contributed by atoms with E-state index in [0.29, 0.717) is 0 Å². The number of rotatable bonds is 3. The molecule has 0 saturated heterocycles. The molecule has 0 unspecified atom stereocenters. The van der Waals surface area contributed by atoms with E-state index in [9.17, 15) is 0 Å². The molecule has 5 aromatic heterocycles. The molecule has 10 heteroatoms. The van der Waals surface area contributed by atoms with Gasteiger partial charge in [0.1, 0.15) is 0 Å². The van der Waals surface area contributed by atoms with Gasteiger partial charge < -0.3 is 29.7 Å². The van der Waals surface area contributed by atoms with Crippen molar-refractivity contribution in [1.29, 1.82) is 0 Å². The summed E-state index contributed by atoms with van der Waals surface area (Å²) in [6.45, 7) is 0. The fourth-order valence-electron chi connectivity index (χ4n) is 6.36. The van der Waals surface area contributed by atoms with Gasteiger partial charge in [-0.15, -0.1) is 113 Å². The van der Waals surface area contributed by atoms with Crippen LogP contribution in [0, 0.1) is 24.3 Å². The molecule has 11 aromatic rings. The van der Waals surface area contributed by atoms with Crippen LogP contribution in [0.1, 0.15) is 0 Å². The molecule has 0 amide bonds. The van der Waals surface area contributed by atoms with Crippen LogP contribution in [-0.2, 0) is 80.4 Å². The molecule has 4 radical (unpaired) electrons. The molecule has 11 rings (SSSR count). The SMILES string of the molecule is COc1c[c-]c(-c2ccccn2)cc1.[Ir].[Ir].[Ir].[Ir].[c-]1cccc2ccc3cccnc3c12.[c-]1ccccc1-c1cc2ccccc2cn1.[c-]1ccnc2ccc3cccnc3c12. The van der Waals surface area contributed by atoms with Gasteiger partial charge in [0.2, 0.25) is 0 Å². The minimum Gasteiger partial charge on any atom is -0.540 e. The van der Waals surface area contributed by atoms with Crippen LogP contribution in [0.2, 0.25) is 0 Å². The Labute approximate surface area is 415 Å². The van der Waals surface area contributed by atoms with E-state index in [1.807, 2.05) is 134 Å². The van der Waals surface area contributed by atoms with Crippen molar-refractivity contribution in [1.82, 2.24) is 24.9 Å². The Balaban J connectivity index is 0.000000178. The fraction of sp³-hybridized carbons (Fsp3) is 0.0192. The molecule has 62 heavy (non-hydrogen) atoms. The van der Waals surface area contributed by atoms with Gasteiger partial charge in [0.05, 0.1) is 7.11 Å². The zero-order valence-corrected chi connectivity index (χ0v) is 42.5. The standard InChI is InChI=1S/C15H10N.C13H8N.C12H7N2.C12H10NO.4Ir/c1-2-6-12(7-3-1)15-10-13-8-4-5-9-14(13)11-16-15;1-2-6-12-10(4-1)7-8-11-5-3-9-14-13(11)12;1-3-9-5-6-11-10(4-2-7-13-11)12(9)14-8-1;1-14-11-7-5-10(6-8-11)12-4-2-3-9-13-12;;;;/h1-6,8-11H;1-5,7-9H;1-3,5-8H;2-5,7-9H,1H3;;;;/q4*-1;;;;. The number of nitrogens with zero attached hydrogens (tertiary/aromatic N) is 5. The van der Waals surface area contributed by atoms with Crippen molar-refractivity contribution in [3.8, 4) is 28.3 Å². The maximum absolute atomic E-state index is 5.05. The molecule has 0 saturated carbocycles. The number of ether oxygens (including phenoxy) is 1. The van der Waals surface area contributed by atoms with Crippen molar-refractivity contribution >= 4 is 54.3 Å². The van der Waals surface area contributed by atoms with E-state index in [4.69, 9.17) is 4.74 Å². The quantitative estimate of drug-likeness (QED) is 0.130. The van der Waals surface area contributed by atoms with Crippen LogP contribution in [0.4, 0.5) is 0 Å². The second-order valence-electron chi connectivity index (χ2n) is 12.9. The summed E-state index contributed by atoms with van der Waals surface area (Å²) in [7, 11) is 1.64. The third kappa shape index (κ3) is 12.5. The molecule has 0 atom stereocenters. The van der Waals surface area contributed by atoms with Gasteiger partial charge in [-0.3, -0.25) is 0 Å². The van der Waals surface area contributed by atoms with Crippen molar-refractivity contribution in [2.75, 3.05) is 7.11 Å². The second-order valence-corrected chi connectivity index (χ2v) is 12.9. The maximum Gasteiger partial charge on any atom is 0.0647 e. The van der Waals surface area contributed by atoms with Gasteiger partial charge in [-0.25, -0.2) is 0 Å². The van der Waals surface area contributed by atoms with Crippen LogP contribution in [0.15, 0.2) is 195 Å². The number of fused-ring (bicyclic) bond motifs is 7. The van der Waals surface area contributed by atoms with Gasteiger partial charge in [-0.2, -0.15) is 0 Å². The zero-order valence-electron chi connectivity index (χ0n) is 33.0. The molecular weight excluding hydrogens is 1480 g/mol. The van der Waals surface area contributed by atoms with E-state index < -0.39 is 0 Å². The first-order chi connectivity index (χ1) is 28.7. The summed E-state index contributed by atoms with van der Waals surface area (Å²) in [6.07, 6.45) is 9.04. The Hall–Kier alpha value is -5.23. The molecular formula is C52H35Ir4N5O-4. The van der Waals surface area contributed by atoms with Crippen LogP contribution in [0.25, 0.3) is 76.8 Å². The normalized spacial score (nSPS) is 9.82. The molecule has 6 aromatic carbocycles. The Morgan fingerprint density at radius 3 is 1.74 bits per heavy atom. The molecule has 0 aliphatic rings. The molecule has 314 valence electrons. The smallest absolute Gasteiger partial charge is 0.0647 e. The first-order valence-electron chi connectivity index (χ1n) is 18.7. The predicted octanol–water partition coefficient (Wildman–Crippen LogP) is 12.0. The topological polar surface area (TPSA) is 73.7 Å². The van der Waals surface area contributed by atoms with Crippen molar-refractivity contribution in [3.63, 3.8) is 0 Å². The maximum atomic E-state index is 5.05. The molecule has 0 aliphatic carbocycles. The Morgan fingerprint density at radius 2 is 1.03 bits per heavy atom. The predicted molar refractivity (Wildman–Crippen MR) is 235 cm³/mol. The molecule has 0 fully saturated rings. The summed E-state index contributed by atoms with van der Waals surface area (Å²) in [6, 6.07) is 66.5.